The Balaban J connectivity index is 1.45. The molecule has 0 aliphatic carbocycles. The Morgan fingerprint density at radius 2 is 1.80 bits per heavy atom. The van der Waals surface area contributed by atoms with Gasteiger partial charge in [-0.25, -0.2) is 0 Å². The number of nitrogens with zero attached hydrogens (tertiary/aromatic N) is 1. The maximum absolute atomic E-state index is 12.2. The normalized spacial score (nSPS) is 16.9. The molecule has 0 bridgehead atoms. The zero-order chi connectivity index (χ0) is 17.6. The summed E-state index contributed by atoms with van der Waals surface area (Å²) < 4.78 is 0. The Morgan fingerprint density at radius 3 is 2.52 bits per heavy atom. The summed E-state index contributed by atoms with van der Waals surface area (Å²) in [7, 11) is 0. The second-order valence-corrected chi connectivity index (χ2v) is 6.87. The van der Waals surface area contributed by atoms with Crippen LogP contribution in [0.5, 0.6) is 0 Å². The van der Waals surface area contributed by atoms with E-state index in [-0.39, 0.29) is 17.7 Å². The van der Waals surface area contributed by atoms with Gasteiger partial charge < -0.3 is 10.2 Å². The lowest BCUT2D eigenvalue weighted by atomic mass is 10.1. The Morgan fingerprint density at radius 1 is 1.08 bits per heavy atom. The molecule has 0 radical (unpaired) electrons. The summed E-state index contributed by atoms with van der Waals surface area (Å²) in [6, 6.07) is 17.2. The standard InChI is InChI=1S/C20H21ClN2O2/c21-18-8-6-15(7-9-18)10-19(24)22-12-17-11-20(25)23(14-17)13-16-4-2-1-3-5-16/h1-9,17H,10-14H2,(H,22,24). The first-order valence-corrected chi connectivity index (χ1v) is 8.81. The number of amides is 2. The van der Waals surface area contributed by atoms with Crippen molar-refractivity contribution in [3.8, 4) is 0 Å². The van der Waals surface area contributed by atoms with Crippen molar-refractivity contribution < 1.29 is 9.59 Å². The number of benzene rings is 2. The molecule has 2 aromatic rings. The van der Waals surface area contributed by atoms with Crippen molar-refractivity contribution in [2.45, 2.75) is 19.4 Å². The third-order valence-corrected chi connectivity index (χ3v) is 4.63. The van der Waals surface area contributed by atoms with Gasteiger partial charge in [0, 0.05) is 37.0 Å². The summed E-state index contributed by atoms with van der Waals surface area (Å²) in [5.74, 6) is 0.294. The van der Waals surface area contributed by atoms with E-state index < -0.39 is 0 Å². The molecule has 2 amide bonds. The van der Waals surface area contributed by atoms with Crippen LogP contribution in [0, 0.1) is 5.92 Å². The molecule has 1 unspecified atom stereocenters. The summed E-state index contributed by atoms with van der Waals surface area (Å²) in [6.45, 7) is 1.85. The Hall–Kier alpha value is -2.33. The molecule has 1 saturated heterocycles. The number of carbonyl (C=O) groups excluding carboxylic acids is 2. The maximum atomic E-state index is 12.2. The highest BCUT2D eigenvalue weighted by molar-refractivity contribution is 6.30. The maximum Gasteiger partial charge on any atom is 0.224 e. The highest BCUT2D eigenvalue weighted by Crippen LogP contribution is 2.19. The van der Waals surface area contributed by atoms with Gasteiger partial charge in [-0.15, -0.1) is 0 Å². The molecule has 1 atom stereocenters. The van der Waals surface area contributed by atoms with E-state index in [2.05, 4.69) is 5.32 Å². The van der Waals surface area contributed by atoms with Crippen LogP contribution in [-0.4, -0.2) is 29.8 Å². The van der Waals surface area contributed by atoms with Gasteiger partial charge in [-0.2, -0.15) is 0 Å². The predicted octanol–water partition coefficient (Wildman–Crippen LogP) is 3.05. The van der Waals surface area contributed by atoms with E-state index in [0.29, 0.717) is 37.5 Å². The van der Waals surface area contributed by atoms with Crippen molar-refractivity contribution in [3.05, 3.63) is 70.7 Å². The quantitative estimate of drug-likeness (QED) is 0.864. The molecule has 5 heteroatoms. The minimum Gasteiger partial charge on any atom is -0.355 e. The second-order valence-electron chi connectivity index (χ2n) is 6.44. The van der Waals surface area contributed by atoms with Gasteiger partial charge in [-0.05, 0) is 23.3 Å². The van der Waals surface area contributed by atoms with Crippen LogP contribution in [-0.2, 0) is 22.6 Å². The van der Waals surface area contributed by atoms with Crippen molar-refractivity contribution in [2.24, 2.45) is 5.92 Å². The lowest BCUT2D eigenvalue weighted by Gasteiger charge is -2.17. The van der Waals surface area contributed by atoms with Crippen molar-refractivity contribution in [3.63, 3.8) is 0 Å². The van der Waals surface area contributed by atoms with Crippen LogP contribution in [0.25, 0.3) is 0 Å². The first-order chi connectivity index (χ1) is 12.1. The van der Waals surface area contributed by atoms with E-state index in [0.717, 1.165) is 11.1 Å². The number of halogens is 1. The van der Waals surface area contributed by atoms with Gasteiger partial charge in [0.2, 0.25) is 11.8 Å². The van der Waals surface area contributed by atoms with E-state index in [4.69, 9.17) is 11.6 Å². The van der Waals surface area contributed by atoms with Gasteiger partial charge in [0.25, 0.3) is 0 Å². The van der Waals surface area contributed by atoms with Crippen LogP contribution in [0.1, 0.15) is 17.5 Å². The number of hydrogen-bond acceptors (Lipinski definition) is 2. The molecule has 25 heavy (non-hydrogen) atoms. The van der Waals surface area contributed by atoms with Crippen molar-refractivity contribution in [2.75, 3.05) is 13.1 Å². The van der Waals surface area contributed by atoms with Crippen LogP contribution in [0.3, 0.4) is 0 Å². The number of nitrogens with one attached hydrogen (secondary N) is 1. The molecular formula is C20H21ClN2O2. The van der Waals surface area contributed by atoms with Crippen molar-refractivity contribution >= 4 is 23.4 Å². The molecule has 1 aliphatic rings. The summed E-state index contributed by atoms with van der Waals surface area (Å²) in [4.78, 5) is 26.1. The Bertz CT molecular complexity index is 731. The third-order valence-electron chi connectivity index (χ3n) is 4.38. The monoisotopic (exact) mass is 356 g/mol. The molecule has 1 N–H and O–H groups in total. The zero-order valence-electron chi connectivity index (χ0n) is 14.0. The fourth-order valence-corrected chi connectivity index (χ4v) is 3.18. The number of hydrogen-bond donors (Lipinski definition) is 1. The van der Waals surface area contributed by atoms with Crippen molar-refractivity contribution in [1.82, 2.24) is 10.2 Å². The molecule has 3 rings (SSSR count). The van der Waals surface area contributed by atoms with Crippen molar-refractivity contribution in [1.29, 1.82) is 0 Å². The molecule has 130 valence electrons. The van der Waals surface area contributed by atoms with Crippen LogP contribution < -0.4 is 5.32 Å². The minimum absolute atomic E-state index is 0.0312. The lowest BCUT2D eigenvalue weighted by Crippen LogP contribution is -2.32. The zero-order valence-corrected chi connectivity index (χ0v) is 14.7. The predicted molar refractivity (Wildman–Crippen MR) is 98.1 cm³/mol. The molecule has 0 saturated carbocycles. The van der Waals surface area contributed by atoms with E-state index in [1.807, 2.05) is 47.4 Å². The first kappa shape index (κ1) is 17.5. The second kappa shape index (κ2) is 8.17. The summed E-state index contributed by atoms with van der Waals surface area (Å²) in [6.07, 6.45) is 0.819. The van der Waals surface area contributed by atoms with Crippen LogP contribution >= 0.6 is 11.6 Å². The number of likely N-dealkylation sites (tertiary alicyclic amines) is 1. The molecule has 0 aromatic heterocycles. The largest absolute Gasteiger partial charge is 0.355 e. The SMILES string of the molecule is O=C(Cc1ccc(Cl)cc1)NCC1CC(=O)N(Cc2ccccc2)C1. The lowest BCUT2D eigenvalue weighted by molar-refractivity contribution is -0.128. The van der Waals surface area contributed by atoms with E-state index in [1.165, 1.54) is 0 Å². The fraction of sp³-hybridized carbons (Fsp3) is 0.300. The Labute approximate surface area is 152 Å². The third kappa shape index (κ3) is 5.07. The van der Waals surface area contributed by atoms with Gasteiger partial charge in [-0.3, -0.25) is 9.59 Å². The average Bonchev–Trinajstić information content (AvgIpc) is 2.96. The van der Waals surface area contributed by atoms with Gasteiger partial charge in [0.15, 0.2) is 0 Å². The highest BCUT2D eigenvalue weighted by Gasteiger charge is 2.29. The fourth-order valence-electron chi connectivity index (χ4n) is 3.06. The van der Waals surface area contributed by atoms with Gasteiger partial charge in [0.1, 0.15) is 0 Å². The number of carbonyl (C=O) groups is 2. The van der Waals surface area contributed by atoms with Gasteiger partial charge in [-0.1, -0.05) is 54.1 Å². The topological polar surface area (TPSA) is 49.4 Å². The van der Waals surface area contributed by atoms with E-state index in [9.17, 15) is 9.59 Å². The van der Waals surface area contributed by atoms with Gasteiger partial charge in [0.05, 0.1) is 6.42 Å². The number of rotatable bonds is 6. The highest BCUT2D eigenvalue weighted by atomic mass is 35.5. The summed E-state index contributed by atoms with van der Waals surface area (Å²) >= 11 is 5.84. The molecule has 1 fully saturated rings. The summed E-state index contributed by atoms with van der Waals surface area (Å²) in [5.41, 5.74) is 2.05. The minimum atomic E-state index is -0.0312. The summed E-state index contributed by atoms with van der Waals surface area (Å²) in [5, 5.41) is 3.60. The van der Waals surface area contributed by atoms with E-state index in [1.54, 1.807) is 12.1 Å². The average molecular weight is 357 g/mol. The Kier molecular flexibility index (Phi) is 5.71. The van der Waals surface area contributed by atoms with Gasteiger partial charge >= 0.3 is 0 Å². The van der Waals surface area contributed by atoms with Crippen LogP contribution in [0.15, 0.2) is 54.6 Å². The molecule has 0 spiro atoms. The first-order valence-electron chi connectivity index (χ1n) is 8.43. The molecule has 2 aromatic carbocycles. The molecule has 1 heterocycles. The molecule has 4 nitrogen and oxygen atoms in total. The van der Waals surface area contributed by atoms with E-state index >= 15 is 0 Å². The van der Waals surface area contributed by atoms with Crippen LogP contribution in [0.4, 0.5) is 0 Å². The molecule has 1 aliphatic heterocycles. The smallest absolute Gasteiger partial charge is 0.224 e. The molecular weight excluding hydrogens is 336 g/mol. The van der Waals surface area contributed by atoms with Crippen LogP contribution in [0.2, 0.25) is 5.02 Å².